The van der Waals surface area contributed by atoms with Gasteiger partial charge >= 0.3 is 0 Å². The summed E-state index contributed by atoms with van der Waals surface area (Å²) in [6.07, 6.45) is 0. The summed E-state index contributed by atoms with van der Waals surface area (Å²) in [6.45, 7) is 1.93. The SMILES string of the molecule is Cc1ccc(-c2cccc(N)c2)o1.Cl. The summed E-state index contributed by atoms with van der Waals surface area (Å²) in [5.74, 6) is 1.78. The van der Waals surface area contributed by atoms with E-state index in [9.17, 15) is 0 Å². The van der Waals surface area contributed by atoms with Crippen molar-refractivity contribution in [1.29, 1.82) is 0 Å². The van der Waals surface area contributed by atoms with E-state index >= 15 is 0 Å². The van der Waals surface area contributed by atoms with Crippen LogP contribution in [0.1, 0.15) is 5.76 Å². The van der Waals surface area contributed by atoms with Gasteiger partial charge in [0.15, 0.2) is 0 Å². The van der Waals surface area contributed by atoms with Crippen LogP contribution in [0.2, 0.25) is 0 Å². The zero-order valence-corrected chi connectivity index (χ0v) is 8.67. The Morgan fingerprint density at radius 2 is 1.93 bits per heavy atom. The molecule has 0 aliphatic heterocycles. The van der Waals surface area contributed by atoms with E-state index in [0.29, 0.717) is 0 Å². The van der Waals surface area contributed by atoms with Gasteiger partial charge in [0.25, 0.3) is 0 Å². The minimum atomic E-state index is 0. The van der Waals surface area contributed by atoms with E-state index < -0.39 is 0 Å². The van der Waals surface area contributed by atoms with Crippen molar-refractivity contribution in [1.82, 2.24) is 0 Å². The van der Waals surface area contributed by atoms with E-state index in [1.54, 1.807) is 0 Å². The van der Waals surface area contributed by atoms with Crippen LogP contribution in [0.15, 0.2) is 40.8 Å². The third-order valence-corrected chi connectivity index (χ3v) is 1.91. The maximum absolute atomic E-state index is 5.66. The van der Waals surface area contributed by atoms with Crippen molar-refractivity contribution >= 4 is 18.1 Å². The molecule has 0 unspecified atom stereocenters. The summed E-state index contributed by atoms with van der Waals surface area (Å²) in [6, 6.07) is 11.6. The molecule has 14 heavy (non-hydrogen) atoms. The fourth-order valence-electron chi connectivity index (χ4n) is 1.28. The Bertz CT molecular complexity index is 423. The van der Waals surface area contributed by atoms with Gasteiger partial charge in [0, 0.05) is 11.3 Å². The molecule has 2 rings (SSSR count). The lowest BCUT2D eigenvalue weighted by Crippen LogP contribution is -1.83. The minimum Gasteiger partial charge on any atom is -0.461 e. The summed E-state index contributed by atoms with van der Waals surface area (Å²) in [5, 5.41) is 0. The molecule has 0 aliphatic carbocycles. The number of aryl methyl sites for hydroxylation is 1. The monoisotopic (exact) mass is 209 g/mol. The van der Waals surface area contributed by atoms with Crippen molar-refractivity contribution < 1.29 is 4.42 Å². The van der Waals surface area contributed by atoms with Crippen LogP contribution in [-0.4, -0.2) is 0 Å². The number of furan rings is 1. The molecule has 0 aliphatic rings. The number of nitrogens with two attached hydrogens (primary N) is 1. The molecule has 3 heteroatoms. The second-order valence-corrected chi connectivity index (χ2v) is 3.04. The van der Waals surface area contributed by atoms with Gasteiger partial charge in [0.2, 0.25) is 0 Å². The molecule has 1 heterocycles. The molecular formula is C11H12ClNO. The fourth-order valence-corrected chi connectivity index (χ4v) is 1.28. The van der Waals surface area contributed by atoms with Crippen LogP contribution >= 0.6 is 12.4 Å². The Labute approximate surface area is 89.1 Å². The molecule has 0 radical (unpaired) electrons. The first-order valence-electron chi connectivity index (χ1n) is 4.18. The topological polar surface area (TPSA) is 39.2 Å². The Hall–Kier alpha value is -1.41. The van der Waals surface area contributed by atoms with E-state index in [2.05, 4.69) is 0 Å². The predicted molar refractivity (Wildman–Crippen MR) is 60.5 cm³/mol. The highest BCUT2D eigenvalue weighted by Crippen LogP contribution is 2.23. The van der Waals surface area contributed by atoms with Gasteiger partial charge in [-0.3, -0.25) is 0 Å². The van der Waals surface area contributed by atoms with E-state index in [1.165, 1.54) is 0 Å². The van der Waals surface area contributed by atoms with Gasteiger partial charge in [-0.25, -0.2) is 0 Å². The summed E-state index contributed by atoms with van der Waals surface area (Å²) >= 11 is 0. The normalized spacial score (nSPS) is 9.50. The van der Waals surface area contributed by atoms with Gasteiger partial charge < -0.3 is 10.2 Å². The molecular weight excluding hydrogens is 198 g/mol. The Balaban J connectivity index is 0.000000980. The van der Waals surface area contributed by atoms with Crippen LogP contribution in [-0.2, 0) is 0 Å². The zero-order chi connectivity index (χ0) is 9.26. The molecule has 2 aromatic rings. The van der Waals surface area contributed by atoms with Crippen molar-refractivity contribution in [3.63, 3.8) is 0 Å². The standard InChI is InChI=1S/C11H11NO.ClH/c1-8-5-6-11(13-8)9-3-2-4-10(12)7-9;/h2-7H,12H2,1H3;1H. The molecule has 0 saturated heterocycles. The number of halogens is 1. The number of benzene rings is 1. The zero-order valence-electron chi connectivity index (χ0n) is 7.86. The van der Waals surface area contributed by atoms with Crippen molar-refractivity contribution in [2.45, 2.75) is 6.92 Å². The quantitative estimate of drug-likeness (QED) is 0.733. The van der Waals surface area contributed by atoms with Crippen molar-refractivity contribution in [3.8, 4) is 11.3 Å². The number of rotatable bonds is 1. The molecule has 1 aromatic carbocycles. The van der Waals surface area contributed by atoms with Gasteiger partial charge in [-0.2, -0.15) is 0 Å². The van der Waals surface area contributed by atoms with Crippen molar-refractivity contribution in [3.05, 3.63) is 42.2 Å². The van der Waals surface area contributed by atoms with Crippen LogP contribution in [0.5, 0.6) is 0 Å². The van der Waals surface area contributed by atoms with Gasteiger partial charge in [-0.15, -0.1) is 12.4 Å². The lowest BCUT2D eigenvalue weighted by atomic mass is 10.1. The first-order valence-corrected chi connectivity index (χ1v) is 4.18. The van der Waals surface area contributed by atoms with Crippen molar-refractivity contribution in [2.24, 2.45) is 0 Å². The van der Waals surface area contributed by atoms with E-state index in [1.807, 2.05) is 43.3 Å². The van der Waals surface area contributed by atoms with E-state index in [-0.39, 0.29) is 12.4 Å². The van der Waals surface area contributed by atoms with Crippen LogP contribution in [0.25, 0.3) is 11.3 Å². The van der Waals surface area contributed by atoms with Crippen LogP contribution in [0.4, 0.5) is 5.69 Å². The molecule has 2 N–H and O–H groups in total. The second-order valence-electron chi connectivity index (χ2n) is 3.04. The number of hydrogen-bond acceptors (Lipinski definition) is 2. The third-order valence-electron chi connectivity index (χ3n) is 1.91. The molecule has 0 atom stereocenters. The molecule has 2 nitrogen and oxygen atoms in total. The van der Waals surface area contributed by atoms with Crippen molar-refractivity contribution in [2.75, 3.05) is 5.73 Å². The molecule has 0 spiro atoms. The summed E-state index contributed by atoms with van der Waals surface area (Å²) < 4.78 is 5.47. The summed E-state index contributed by atoms with van der Waals surface area (Å²) in [5.41, 5.74) is 7.44. The summed E-state index contributed by atoms with van der Waals surface area (Å²) in [7, 11) is 0. The fraction of sp³-hybridized carbons (Fsp3) is 0.0909. The third kappa shape index (κ3) is 2.09. The number of nitrogen functional groups attached to an aromatic ring is 1. The van der Waals surface area contributed by atoms with Gasteiger partial charge in [0.1, 0.15) is 11.5 Å². The van der Waals surface area contributed by atoms with Gasteiger partial charge in [-0.1, -0.05) is 12.1 Å². The first-order chi connectivity index (χ1) is 6.25. The summed E-state index contributed by atoms with van der Waals surface area (Å²) in [4.78, 5) is 0. The molecule has 74 valence electrons. The lowest BCUT2D eigenvalue weighted by molar-refractivity contribution is 0.548. The average molecular weight is 210 g/mol. The van der Waals surface area contributed by atoms with Crippen LogP contribution in [0.3, 0.4) is 0 Å². The van der Waals surface area contributed by atoms with Crippen LogP contribution < -0.4 is 5.73 Å². The molecule has 0 amide bonds. The highest BCUT2D eigenvalue weighted by atomic mass is 35.5. The second kappa shape index (κ2) is 4.20. The lowest BCUT2D eigenvalue weighted by Gasteiger charge is -1.97. The highest BCUT2D eigenvalue weighted by molar-refractivity contribution is 5.85. The van der Waals surface area contributed by atoms with Crippen LogP contribution in [0, 0.1) is 6.92 Å². The Kier molecular flexibility index (Phi) is 3.20. The number of anilines is 1. The van der Waals surface area contributed by atoms with E-state index in [4.69, 9.17) is 10.2 Å². The maximum atomic E-state index is 5.66. The first kappa shape index (κ1) is 10.7. The average Bonchev–Trinajstić information content (AvgIpc) is 2.52. The Morgan fingerprint density at radius 1 is 1.14 bits per heavy atom. The minimum absolute atomic E-state index is 0. The molecule has 0 fully saturated rings. The molecule has 1 aromatic heterocycles. The van der Waals surface area contributed by atoms with Gasteiger partial charge in [-0.05, 0) is 31.2 Å². The predicted octanol–water partition coefficient (Wildman–Crippen LogP) is 3.26. The number of hydrogen-bond donors (Lipinski definition) is 1. The molecule has 0 bridgehead atoms. The largest absolute Gasteiger partial charge is 0.461 e. The molecule has 0 saturated carbocycles. The maximum Gasteiger partial charge on any atom is 0.134 e. The smallest absolute Gasteiger partial charge is 0.134 e. The van der Waals surface area contributed by atoms with Gasteiger partial charge in [0.05, 0.1) is 0 Å². The van der Waals surface area contributed by atoms with E-state index in [0.717, 1.165) is 22.8 Å². The Morgan fingerprint density at radius 3 is 2.50 bits per heavy atom. The highest BCUT2D eigenvalue weighted by Gasteiger charge is 2.01.